The lowest BCUT2D eigenvalue weighted by molar-refractivity contribution is 0.440. The molecule has 0 bridgehead atoms. The summed E-state index contributed by atoms with van der Waals surface area (Å²) in [6.45, 7) is 4.35. The van der Waals surface area contributed by atoms with Crippen LogP contribution < -0.4 is 5.73 Å². The Morgan fingerprint density at radius 1 is 1.67 bits per heavy atom. The number of aromatic nitrogens is 2. The lowest BCUT2D eigenvalue weighted by Crippen LogP contribution is -2.29. The zero-order valence-electron chi connectivity index (χ0n) is 7.75. The second-order valence-electron chi connectivity index (χ2n) is 3.36. The lowest BCUT2D eigenvalue weighted by atomic mass is 9.95. The molecule has 1 heterocycles. The molecule has 0 aliphatic carbocycles. The third-order valence-electron chi connectivity index (χ3n) is 2.40. The van der Waals surface area contributed by atoms with Crippen molar-refractivity contribution in [3.63, 3.8) is 0 Å². The minimum atomic E-state index is 0.257. The largest absolute Gasteiger partial charge is 0.327 e. The average molecular weight is 167 g/mol. The maximum Gasteiger partial charge on any atom is 0.0519 e. The summed E-state index contributed by atoms with van der Waals surface area (Å²) in [5, 5.41) is 6.67. The Hall–Kier alpha value is -0.830. The monoisotopic (exact) mass is 167 g/mol. The van der Waals surface area contributed by atoms with Gasteiger partial charge in [-0.1, -0.05) is 20.3 Å². The van der Waals surface area contributed by atoms with Crippen molar-refractivity contribution in [3.05, 3.63) is 18.0 Å². The van der Waals surface area contributed by atoms with Crippen molar-refractivity contribution in [2.24, 2.45) is 11.7 Å². The fourth-order valence-corrected chi connectivity index (χ4v) is 1.17. The van der Waals surface area contributed by atoms with E-state index in [4.69, 9.17) is 5.73 Å². The smallest absolute Gasteiger partial charge is 0.0519 e. The Kier molecular flexibility index (Phi) is 3.29. The van der Waals surface area contributed by atoms with E-state index in [-0.39, 0.29) is 6.04 Å². The number of aromatic amines is 1. The topological polar surface area (TPSA) is 54.7 Å². The minimum Gasteiger partial charge on any atom is -0.327 e. The zero-order valence-corrected chi connectivity index (χ0v) is 7.75. The molecule has 68 valence electrons. The van der Waals surface area contributed by atoms with Crippen LogP contribution in [0.5, 0.6) is 0 Å². The van der Waals surface area contributed by atoms with E-state index in [0.717, 1.165) is 12.8 Å². The summed E-state index contributed by atoms with van der Waals surface area (Å²) in [5.41, 5.74) is 7.17. The molecule has 2 unspecified atom stereocenters. The SMILES string of the molecule is CCC(C)C(N)Cc1cn[nH]c1. The van der Waals surface area contributed by atoms with Crippen LogP contribution in [0.2, 0.25) is 0 Å². The van der Waals surface area contributed by atoms with Gasteiger partial charge in [-0.3, -0.25) is 5.10 Å². The van der Waals surface area contributed by atoms with E-state index in [1.807, 2.05) is 12.4 Å². The van der Waals surface area contributed by atoms with Crippen molar-refractivity contribution >= 4 is 0 Å². The van der Waals surface area contributed by atoms with Gasteiger partial charge in [0.2, 0.25) is 0 Å². The fraction of sp³-hybridized carbons (Fsp3) is 0.667. The molecular formula is C9H17N3. The van der Waals surface area contributed by atoms with Gasteiger partial charge in [0.25, 0.3) is 0 Å². The molecule has 12 heavy (non-hydrogen) atoms. The highest BCUT2D eigenvalue weighted by Gasteiger charge is 2.11. The van der Waals surface area contributed by atoms with E-state index in [0.29, 0.717) is 5.92 Å². The number of hydrogen-bond acceptors (Lipinski definition) is 2. The predicted octanol–water partition coefficient (Wildman–Crippen LogP) is 1.33. The number of nitrogens with two attached hydrogens (primary N) is 1. The highest BCUT2D eigenvalue weighted by Crippen LogP contribution is 2.09. The van der Waals surface area contributed by atoms with Crippen molar-refractivity contribution in [3.8, 4) is 0 Å². The molecular weight excluding hydrogens is 150 g/mol. The molecule has 1 aromatic rings. The number of nitrogens with one attached hydrogen (secondary N) is 1. The van der Waals surface area contributed by atoms with Crippen molar-refractivity contribution in [2.75, 3.05) is 0 Å². The zero-order chi connectivity index (χ0) is 8.97. The molecule has 0 radical (unpaired) electrons. The van der Waals surface area contributed by atoms with Gasteiger partial charge >= 0.3 is 0 Å². The van der Waals surface area contributed by atoms with Crippen LogP contribution in [0.25, 0.3) is 0 Å². The molecule has 1 aromatic heterocycles. The first-order valence-corrected chi connectivity index (χ1v) is 4.47. The van der Waals surface area contributed by atoms with Crippen LogP contribution >= 0.6 is 0 Å². The molecule has 3 heteroatoms. The quantitative estimate of drug-likeness (QED) is 0.710. The van der Waals surface area contributed by atoms with E-state index in [9.17, 15) is 0 Å². The second kappa shape index (κ2) is 4.26. The molecule has 0 aliphatic heterocycles. The first-order valence-electron chi connectivity index (χ1n) is 4.47. The van der Waals surface area contributed by atoms with Gasteiger partial charge in [0.05, 0.1) is 6.20 Å². The molecule has 0 aliphatic rings. The van der Waals surface area contributed by atoms with E-state index in [1.165, 1.54) is 5.56 Å². The van der Waals surface area contributed by atoms with Crippen molar-refractivity contribution in [1.82, 2.24) is 10.2 Å². The van der Waals surface area contributed by atoms with Crippen LogP contribution in [0.4, 0.5) is 0 Å². The summed E-state index contributed by atoms with van der Waals surface area (Å²) >= 11 is 0. The lowest BCUT2D eigenvalue weighted by Gasteiger charge is -2.16. The fourth-order valence-electron chi connectivity index (χ4n) is 1.17. The maximum absolute atomic E-state index is 5.98. The standard InChI is InChI=1S/C9H17N3/c1-3-7(2)9(10)4-8-5-11-12-6-8/h5-7,9H,3-4,10H2,1-2H3,(H,11,12). The maximum atomic E-state index is 5.98. The summed E-state index contributed by atoms with van der Waals surface area (Å²) in [6, 6.07) is 0.257. The van der Waals surface area contributed by atoms with Crippen molar-refractivity contribution < 1.29 is 0 Å². The number of hydrogen-bond donors (Lipinski definition) is 2. The van der Waals surface area contributed by atoms with Crippen LogP contribution in [0.1, 0.15) is 25.8 Å². The molecule has 3 nitrogen and oxygen atoms in total. The van der Waals surface area contributed by atoms with Gasteiger partial charge < -0.3 is 5.73 Å². The average Bonchev–Trinajstić information content (AvgIpc) is 2.55. The molecule has 0 spiro atoms. The third kappa shape index (κ3) is 2.34. The summed E-state index contributed by atoms with van der Waals surface area (Å²) < 4.78 is 0. The number of rotatable bonds is 4. The highest BCUT2D eigenvalue weighted by atomic mass is 15.1. The molecule has 0 amide bonds. The Labute approximate surface area is 73.4 Å². The van der Waals surface area contributed by atoms with Crippen LogP contribution in [0, 0.1) is 5.92 Å². The van der Waals surface area contributed by atoms with Crippen molar-refractivity contribution in [2.45, 2.75) is 32.7 Å². The van der Waals surface area contributed by atoms with Gasteiger partial charge in [-0.2, -0.15) is 5.10 Å². The molecule has 3 N–H and O–H groups in total. The molecule has 0 saturated heterocycles. The Morgan fingerprint density at radius 2 is 2.42 bits per heavy atom. The van der Waals surface area contributed by atoms with Gasteiger partial charge in [0.15, 0.2) is 0 Å². The molecule has 0 saturated carbocycles. The number of H-pyrrole nitrogens is 1. The molecule has 1 rings (SSSR count). The predicted molar refractivity (Wildman–Crippen MR) is 49.7 cm³/mol. The number of nitrogens with zero attached hydrogens (tertiary/aromatic N) is 1. The van der Waals surface area contributed by atoms with Gasteiger partial charge in [0.1, 0.15) is 0 Å². The third-order valence-corrected chi connectivity index (χ3v) is 2.40. The van der Waals surface area contributed by atoms with Gasteiger partial charge in [-0.25, -0.2) is 0 Å². The van der Waals surface area contributed by atoms with Crippen LogP contribution in [0.15, 0.2) is 12.4 Å². The van der Waals surface area contributed by atoms with E-state index < -0.39 is 0 Å². The van der Waals surface area contributed by atoms with Gasteiger partial charge in [0, 0.05) is 12.2 Å². The summed E-state index contributed by atoms with van der Waals surface area (Å²) in [4.78, 5) is 0. The highest BCUT2D eigenvalue weighted by molar-refractivity contribution is 5.04. The van der Waals surface area contributed by atoms with E-state index in [2.05, 4.69) is 24.0 Å². The molecule has 0 aromatic carbocycles. The van der Waals surface area contributed by atoms with Crippen molar-refractivity contribution in [1.29, 1.82) is 0 Å². The Bertz CT molecular complexity index is 206. The summed E-state index contributed by atoms with van der Waals surface area (Å²) in [6.07, 6.45) is 5.80. The van der Waals surface area contributed by atoms with Gasteiger partial charge in [-0.05, 0) is 17.9 Å². The minimum absolute atomic E-state index is 0.257. The second-order valence-corrected chi connectivity index (χ2v) is 3.36. The summed E-state index contributed by atoms with van der Waals surface area (Å²) in [5.74, 6) is 0.583. The van der Waals surface area contributed by atoms with Crippen LogP contribution in [0.3, 0.4) is 0 Å². The van der Waals surface area contributed by atoms with Gasteiger partial charge in [-0.15, -0.1) is 0 Å². The Morgan fingerprint density at radius 3 is 2.92 bits per heavy atom. The molecule has 0 fully saturated rings. The van der Waals surface area contributed by atoms with Crippen LogP contribution in [-0.2, 0) is 6.42 Å². The summed E-state index contributed by atoms with van der Waals surface area (Å²) in [7, 11) is 0. The van der Waals surface area contributed by atoms with E-state index >= 15 is 0 Å². The first kappa shape index (κ1) is 9.26. The van der Waals surface area contributed by atoms with Crippen LogP contribution in [-0.4, -0.2) is 16.2 Å². The normalized spacial score (nSPS) is 15.9. The molecule has 2 atom stereocenters. The first-order chi connectivity index (χ1) is 5.74. The van der Waals surface area contributed by atoms with E-state index in [1.54, 1.807) is 0 Å². The Balaban J connectivity index is 2.41.